The van der Waals surface area contributed by atoms with Gasteiger partial charge in [-0.3, -0.25) is 4.79 Å². The monoisotopic (exact) mass is 552 g/mol. The first-order valence-electron chi connectivity index (χ1n) is 11.7. The summed E-state index contributed by atoms with van der Waals surface area (Å²) in [6, 6.07) is 7.16. The van der Waals surface area contributed by atoms with Crippen molar-refractivity contribution in [1.82, 2.24) is 14.9 Å². The van der Waals surface area contributed by atoms with Gasteiger partial charge in [-0.15, -0.1) is 0 Å². The third-order valence-corrected chi connectivity index (χ3v) is 6.78. The third-order valence-electron chi connectivity index (χ3n) is 6.43. The molecule has 1 fully saturated rings. The van der Waals surface area contributed by atoms with Gasteiger partial charge in [0.1, 0.15) is 12.4 Å². The fraction of sp³-hybridized carbons (Fsp3) is 0.320. The number of hydrogen-bond acceptors (Lipinski definition) is 5. The number of amides is 2. The minimum Gasteiger partial charge on any atom is -0.473 e. The van der Waals surface area contributed by atoms with Crippen LogP contribution < -0.4 is 20.3 Å². The van der Waals surface area contributed by atoms with Crippen LogP contribution in [0.5, 0.6) is 11.8 Å². The molecule has 8 nitrogen and oxygen atoms in total. The molecule has 1 aromatic carbocycles. The number of pyridine rings is 2. The molecule has 2 atom stereocenters. The predicted octanol–water partition coefficient (Wildman–Crippen LogP) is 5.38. The summed E-state index contributed by atoms with van der Waals surface area (Å²) in [6.07, 6.45) is -0.855. The Morgan fingerprint density at radius 3 is 2.71 bits per heavy atom. The molecule has 1 saturated heterocycles. The number of carbonyl (C=O) groups excluding carboxylic acids is 1. The highest BCUT2D eigenvalue weighted by Crippen LogP contribution is 2.43. The number of fused-ring (bicyclic) bond motifs is 4. The van der Waals surface area contributed by atoms with E-state index in [1.807, 2.05) is 0 Å². The average molecular weight is 553 g/mol. The molecule has 2 N–H and O–H groups in total. The van der Waals surface area contributed by atoms with Gasteiger partial charge in [0.05, 0.1) is 11.7 Å². The predicted molar refractivity (Wildman–Crippen MR) is 129 cm³/mol. The van der Waals surface area contributed by atoms with E-state index in [2.05, 4.69) is 20.0 Å². The normalized spacial score (nSPS) is 18.2. The molecule has 38 heavy (non-hydrogen) atoms. The zero-order valence-electron chi connectivity index (χ0n) is 19.6. The third kappa shape index (κ3) is 5.54. The van der Waals surface area contributed by atoms with Gasteiger partial charge in [0.25, 0.3) is 0 Å². The van der Waals surface area contributed by atoms with Crippen LogP contribution in [0.15, 0.2) is 47.4 Å². The summed E-state index contributed by atoms with van der Waals surface area (Å²) in [5.41, 5.74) is 1.72. The molecule has 0 saturated carbocycles. The number of aromatic nitrogens is 2. The van der Waals surface area contributed by atoms with Gasteiger partial charge in [-0.25, -0.2) is 9.18 Å². The van der Waals surface area contributed by atoms with E-state index >= 15 is 0 Å². The SMILES string of the molecule is O=C(Nc1cc(Cl)c(COc2cccc(OCC(F)(F)F)n2)cc1F)N1C2CCC1c1c[nH]c(=O)cc1C2. The van der Waals surface area contributed by atoms with Crippen molar-refractivity contribution in [3.05, 3.63) is 80.5 Å². The first-order chi connectivity index (χ1) is 18.1. The molecule has 3 aromatic rings. The summed E-state index contributed by atoms with van der Waals surface area (Å²) in [7, 11) is 0. The highest BCUT2D eigenvalue weighted by atomic mass is 35.5. The summed E-state index contributed by atoms with van der Waals surface area (Å²) in [5.74, 6) is -1.07. The van der Waals surface area contributed by atoms with Crippen molar-refractivity contribution in [2.45, 2.75) is 44.1 Å². The first kappa shape index (κ1) is 25.8. The number of anilines is 1. The van der Waals surface area contributed by atoms with Crippen molar-refractivity contribution in [3.63, 3.8) is 0 Å². The highest BCUT2D eigenvalue weighted by molar-refractivity contribution is 6.31. The van der Waals surface area contributed by atoms with Crippen LogP contribution in [0.3, 0.4) is 0 Å². The Labute approximate surface area is 218 Å². The fourth-order valence-electron chi connectivity index (χ4n) is 4.80. The first-order valence-corrected chi connectivity index (χ1v) is 12.0. The molecule has 4 heterocycles. The Kier molecular flexibility index (Phi) is 6.91. The van der Waals surface area contributed by atoms with E-state index < -0.39 is 24.6 Å². The van der Waals surface area contributed by atoms with Crippen LogP contribution in [-0.4, -0.2) is 39.7 Å². The Morgan fingerprint density at radius 1 is 1.18 bits per heavy atom. The van der Waals surface area contributed by atoms with Gasteiger partial charge in [-0.1, -0.05) is 17.7 Å². The summed E-state index contributed by atoms with van der Waals surface area (Å²) in [6.45, 7) is -1.73. The smallest absolute Gasteiger partial charge is 0.422 e. The van der Waals surface area contributed by atoms with E-state index in [1.165, 1.54) is 24.3 Å². The van der Waals surface area contributed by atoms with E-state index in [-0.39, 0.29) is 52.3 Å². The van der Waals surface area contributed by atoms with Crippen LogP contribution in [0.1, 0.15) is 35.6 Å². The number of nitrogens with one attached hydrogen (secondary N) is 2. The number of ether oxygens (including phenoxy) is 2. The number of benzene rings is 1. The van der Waals surface area contributed by atoms with Gasteiger partial charge in [0.2, 0.25) is 17.3 Å². The Balaban J connectivity index is 1.25. The van der Waals surface area contributed by atoms with Gasteiger partial charge in [0, 0.05) is 41.0 Å². The number of hydrogen-bond donors (Lipinski definition) is 2. The number of alkyl halides is 3. The van der Waals surface area contributed by atoms with E-state index in [1.54, 1.807) is 17.2 Å². The molecule has 2 bridgehead atoms. The maximum atomic E-state index is 14.9. The Hall–Kier alpha value is -3.80. The number of urea groups is 1. The van der Waals surface area contributed by atoms with Gasteiger partial charge < -0.3 is 24.7 Å². The lowest BCUT2D eigenvalue weighted by atomic mass is 9.95. The van der Waals surface area contributed by atoms with Crippen LogP contribution >= 0.6 is 11.6 Å². The molecule has 0 spiro atoms. The van der Waals surface area contributed by atoms with Crippen molar-refractivity contribution < 1.29 is 31.8 Å². The van der Waals surface area contributed by atoms with E-state index in [0.29, 0.717) is 6.42 Å². The fourth-order valence-corrected chi connectivity index (χ4v) is 5.02. The van der Waals surface area contributed by atoms with Crippen LogP contribution in [0.2, 0.25) is 5.02 Å². The number of halogens is 5. The van der Waals surface area contributed by atoms with Crippen LogP contribution in [-0.2, 0) is 13.0 Å². The Morgan fingerprint density at radius 2 is 1.95 bits per heavy atom. The van der Waals surface area contributed by atoms with Crippen LogP contribution in [0.4, 0.5) is 28.0 Å². The lowest BCUT2D eigenvalue weighted by Crippen LogP contribution is -2.44. The molecule has 2 aromatic heterocycles. The minimum absolute atomic E-state index is 0.0410. The number of H-pyrrole nitrogens is 1. The second-order valence-electron chi connectivity index (χ2n) is 9.00. The van der Waals surface area contributed by atoms with Crippen LogP contribution in [0.25, 0.3) is 0 Å². The van der Waals surface area contributed by atoms with Gasteiger partial charge >= 0.3 is 12.2 Å². The van der Waals surface area contributed by atoms with Crippen molar-refractivity contribution >= 4 is 23.3 Å². The molecular formula is C25H21ClF4N4O4. The number of carbonyl (C=O) groups is 1. The lowest BCUT2D eigenvalue weighted by molar-refractivity contribution is -0.154. The van der Waals surface area contributed by atoms with Gasteiger partial charge in [-0.05, 0) is 42.5 Å². The molecule has 0 aliphatic carbocycles. The van der Waals surface area contributed by atoms with Gasteiger partial charge in [-0.2, -0.15) is 18.2 Å². The highest BCUT2D eigenvalue weighted by Gasteiger charge is 2.43. The molecule has 2 aliphatic rings. The van der Waals surface area contributed by atoms with Crippen molar-refractivity contribution in [3.8, 4) is 11.8 Å². The quantitative estimate of drug-likeness (QED) is 0.401. The summed E-state index contributed by atoms with van der Waals surface area (Å²) in [5, 5.41) is 2.70. The molecule has 0 radical (unpaired) electrons. The van der Waals surface area contributed by atoms with Crippen molar-refractivity contribution in [2.24, 2.45) is 0 Å². The van der Waals surface area contributed by atoms with Crippen LogP contribution in [0, 0.1) is 5.82 Å². The zero-order valence-corrected chi connectivity index (χ0v) is 20.4. The molecule has 200 valence electrons. The van der Waals surface area contributed by atoms with Gasteiger partial charge in [0.15, 0.2) is 6.61 Å². The van der Waals surface area contributed by atoms with E-state index in [9.17, 15) is 27.2 Å². The van der Waals surface area contributed by atoms with Crippen molar-refractivity contribution in [1.29, 1.82) is 0 Å². The lowest BCUT2D eigenvalue weighted by Gasteiger charge is -2.36. The van der Waals surface area contributed by atoms with E-state index in [4.69, 9.17) is 16.3 Å². The molecule has 2 aliphatic heterocycles. The maximum Gasteiger partial charge on any atom is 0.422 e. The number of aromatic amines is 1. The zero-order chi connectivity index (χ0) is 27.0. The maximum absolute atomic E-state index is 14.9. The summed E-state index contributed by atoms with van der Waals surface area (Å²) in [4.78, 5) is 33.0. The van der Waals surface area contributed by atoms with Crippen molar-refractivity contribution in [2.75, 3.05) is 11.9 Å². The summed E-state index contributed by atoms with van der Waals surface area (Å²) < 4.78 is 62.0. The topological polar surface area (TPSA) is 96.6 Å². The molecule has 5 rings (SSSR count). The molecule has 13 heteroatoms. The largest absolute Gasteiger partial charge is 0.473 e. The summed E-state index contributed by atoms with van der Waals surface area (Å²) >= 11 is 6.30. The Bertz CT molecular complexity index is 1430. The second kappa shape index (κ2) is 10.2. The van der Waals surface area contributed by atoms with E-state index in [0.717, 1.165) is 30.0 Å². The average Bonchev–Trinajstić information content (AvgIpc) is 3.18. The second-order valence-corrected chi connectivity index (χ2v) is 9.40. The minimum atomic E-state index is -4.51. The number of nitrogens with zero attached hydrogens (tertiary/aromatic N) is 2. The number of rotatable bonds is 6. The molecule has 2 unspecified atom stereocenters. The molecular weight excluding hydrogens is 532 g/mol. The standard InChI is InChI=1S/C25H21ClF4N4O4/c26-17-9-19(32-24(36)34-15-4-5-20(34)16-10-31-21(35)8-13(16)6-15)18(27)7-14(17)11-37-22-2-1-3-23(33-22)38-12-25(28,29)30/h1-3,7-10,15,20H,4-6,11-12H2,(H,31,35)(H,32,36). The molecule has 2 amide bonds.